The maximum Gasteiger partial charge on any atom is 0.250 e. The van der Waals surface area contributed by atoms with Crippen molar-refractivity contribution in [2.75, 3.05) is 16.8 Å². The molecular weight excluding hydrogens is 370 g/mol. The van der Waals surface area contributed by atoms with Crippen LogP contribution < -0.4 is 10.2 Å². The number of thiophene rings is 1. The van der Waals surface area contributed by atoms with Gasteiger partial charge in [0, 0.05) is 12.6 Å². The zero-order valence-corrected chi connectivity index (χ0v) is 16.7. The Hall–Kier alpha value is -2.18. The molecule has 2 aromatic rings. The summed E-state index contributed by atoms with van der Waals surface area (Å²) in [7, 11) is 0. The highest BCUT2D eigenvalue weighted by atomic mass is 32.1. The van der Waals surface area contributed by atoms with Crippen LogP contribution in [0.3, 0.4) is 0 Å². The molecule has 2 heterocycles. The molecule has 2 fully saturated rings. The number of benzene rings is 1. The Morgan fingerprint density at radius 1 is 1.21 bits per heavy atom. The molecule has 0 saturated heterocycles. The summed E-state index contributed by atoms with van der Waals surface area (Å²) in [5, 5.41) is 7.30. The maximum atomic E-state index is 13.6. The lowest BCUT2D eigenvalue weighted by molar-refractivity contribution is -0.128. The van der Waals surface area contributed by atoms with Crippen LogP contribution in [0.4, 0.5) is 11.4 Å². The van der Waals surface area contributed by atoms with Gasteiger partial charge in [0.15, 0.2) is 0 Å². The Morgan fingerprint density at radius 3 is 2.71 bits per heavy atom. The van der Waals surface area contributed by atoms with Gasteiger partial charge in [-0.05, 0) is 60.2 Å². The predicted molar refractivity (Wildman–Crippen MR) is 112 cm³/mol. The van der Waals surface area contributed by atoms with E-state index in [4.69, 9.17) is 0 Å². The molecule has 28 heavy (non-hydrogen) atoms. The van der Waals surface area contributed by atoms with Gasteiger partial charge in [0.25, 0.3) is 5.91 Å². The molecule has 0 unspecified atom stereocenters. The van der Waals surface area contributed by atoms with E-state index in [9.17, 15) is 9.59 Å². The van der Waals surface area contributed by atoms with Crippen molar-refractivity contribution in [1.29, 1.82) is 0 Å². The highest BCUT2D eigenvalue weighted by molar-refractivity contribution is 7.07. The molecule has 1 aromatic heterocycles. The fourth-order valence-corrected chi connectivity index (χ4v) is 5.40. The average Bonchev–Trinajstić information content (AvgIpc) is 3.20. The summed E-state index contributed by atoms with van der Waals surface area (Å²) in [6.45, 7) is 1.17. The van der Waals surface area contributed by atoms with E-state index in [-0.39, 0.29) is 11.8 Å². The van der Waals surface area contributed by atoms with Crippen molar-refractivity contribution in [3.63, 3.8) is 0 Å². The van der Waals surface area contributed by atoms with Gasteiger partial charge in [0.2, 0.25) is 5.91 Å². The van der Waals surface area contributed by atoms with Crippen LogP contribution in [-0.2, 0) is 16.1 Å². The summed E-state index contributed by atoms with van der Waals surface area (Å²) in [5.74, 6) is 0.0270. The number of nitrogens with one attached hydrogen (secondary N) is 1. The fourth-order valence-electron chi connectivity index (χ4n) is 4.74. The number of anilines is 2. The van der Waals surface area contributed by atoms with Crippen molar-refractivity contribution in [1.82, 2.24) is 4.90 Å². The topological polar surface area (TPSA) is 52.7 Å². The molecule has 0 atom stereocenters. The molecule has 2 amide bonds. The van der Waals surface area contributed by atoms with Crippen molar-refractivity contribution < 1.29 is 9.59 Å². The first-order chi connectivity index (χ1) is 13.7. The number of carbonyl (C=O) groups is 2. The van der Waals surface area contributed by atoms with Crippen molar-refractivity contribution in [2.24, 2.45) is 0 Å². The van der Waals surface area contributed by atoms with Gasteiger partial charge in [0.05, 0.1) is 17.9 Å². The smallest absolute Gasteiger partial charge is 0.250 e. The second kappa shape index (κ2) is 7.01. The Balaban J connectivity index is 1.46. The van der Waals surface area contributed by atoms with E-state index in [0.29, 0.717) is 12.6 Å². The molecule has 146 valence electrons. The molecule has 0 bridgehead atoms. The molecule has 1 aliphatic heterocycles. The molecule has 1 spiro atoms. The average molecular weight is 396 g/mol. The lowest BCUT2D eigenvalue weighted by atomic mass is 9.89. The minimum atomic E-state index is -0.719. The van der Waals surface area contributed by atoms with Crippen molar-refractivity contribution >= 4 is 34.5 Å². The molecule has 3 aliphatic rings. The number of hydrogen-bond acceptors (Lipinski definition) is 4. The van der Waals surface area contributed by atoms with Gasteiger partial charge in [-0.2, -0.15) is 11.3 Å². The molecule has 1 N–H and O–H groups in total. The van der Waals surface area contributed by atoms with E-state index in [0.717, 1.165) is 56.4 Å². The first kappa shape index (κ1) is 17.9. The predicted octanol–water partition coefficient (Wildman–Crippen LogP) is 4.01. The van der Waals surface area contributed by atoms with Crippen LogP contribution in [0.2, 0.25) is 0 Å². The number of nitrogens with zero attached hydrogens (tertiary/aromatic N) is 2. The normalized spacial score (nSPS) is 20.5. The molecule has 5 nitrogen and oxygen atoms in total. The number of fused-ring (bicyclic) bond motifs is 1. The summed E-state index contributed by atoms with van der Waals surface area (Å²) in [6.07, 6.45) is 5.76. The van der Waals surface area contributed by atoms with Crippen LogP contribution in [0.5, 0.6) is 0 Å². The van der Waals surface area contributed by atoms with Crippen LogP contribution >= 0.6 is 11.3 Å². The van der Waals surface area contributed by atoms with Gasteiger partial charge in [-0.1, -0.05) is 25.0 Å². The maximum absolute atomic E-state index is 13.6. The molecule has 2 saturated carbocycles. The minimum absolute atomic E-state index is 0.0205. The monoisotopic (exact) mass is 395 g/mol. The van der Waals surface area contributed by atoms with E-state index in [1.807, 2.05) is 29.2 Å². The van der Waals surface area contributed by atoms with Gasteiger partial charge in [0.1, 0.15) is 5.54 Å². The fraction of sp³-hybridized carbons (Fsp3) is 0.455. The minimum Gasteiger partial charge on any atom is -0.322 e. The van der Waals surface area contributed by atoms with Crippen LogP contribution in [0, 0.1) is 0 Å². The number of rotatable bonds is 5. The SMILES string of the molecule is O=C(CN(Cc1ccsc1)C1CC1)N1c2ccccc2NC(=O)C12CCCC2. The van der Waals surface area contributed by atoms with Gasteiger partial charge < -0.3 is 5.32 Å². The van der Waals surface area contributed by atoms with Gasteiger partial charge in [-0.15, -0.1) is 0 Å². The van der Waals surface area contributed by atoms with Crippen molar-refractivity contribution in [3.8, 4) is 0 Å². The lowest BCUT2D eigenvalue weighted by Gasteiger charge is -2.45. The van der Waals surface area contributed by atoms with Crippen LogP contribution in [0.1, 0.15) is 44.1 Å². The third-order valence-corrected chi connectivity index (χ3v) is 7.02. The van der Waals surface area contributed by atoms with Crippen molar-refractivity contribution in [3.05, 3.63) is 46.7 Å². The van der Waals surface area contributed by atoms with Gasteiger partial charge in [-0.3, -0.25) is 19.4 Å². The largest absolute Gasteiger partial charge is 0.322 e. The van der Waals surface area contributed by atoms with E-state index in [2.05, 4.69) is 27.0 Å². The molecule has 6 heteroatoms. The number of para-hydroxylation sites is 2. The summed E-state index contributed by atoms with van der Waals surface area (Å²) in [4.78, 5) is 30.9. The molecule has 5 rings (SSSR count). The Morgan fingerprint density at radius 2 is 2.00 bits per heavy atom. The highest BCUT2D eigenvalue weighted by Gasteiger charge is 2.52. The molecular formula is C22H25N3O2S. The molecule has 0 radical (unpaired) electrons. The third kappa shape index (κ3) is 3.05. The van der Waals surface area contributed by atoms with Gasteiger partial charge in [-0.25, -0.2) is 0 Å². The summed E-state index contributed by atoms with van der Waals surface area (Å²) >= 11 is 1.69. The summed E-state index contributed by atoms with van der Waals surface area (Å²) in [6, 6.07) is 10.3. The second-order valence-electron chi connectivity index (χ2n) is 8.21. The summed E-state index contributed by atoms with van der Waals surface area (Å²) in [5.41, 5.74) is 2.13. The van der Waals surface area contributed by atoms with E-state index >= 15 is 0 Å². The summed E-state index contributed by atoms with van der Waals surface area (Å²) < 4.78 is 0. The Bertz CT molecular complexity index is 885. The zero-order chi connectivity index (χ0) is 19.1. The zero-order valence-electron chi connectivity index (χ0n) is 15.9. The Kier molecular flexibility index (Phi) is 4.48. The van der Waals surface area contributed by atoms with E-state index in [1.54, 1.807) is 11.3 Å². The van der Waals surface area contributed by atoms with E-state index < -0.39 is 5.54 Å². The number of amides is 2. The first-order valence-electron chi connectivity index (χ1n) is 10.2. The highest BCUT2D eigenvalue weighted by Crippen LogP contribution is 2.45. The molecule has 2 aliphatic carbocycles. The van der Waals surface area contributed by atoms with Crippen LogP contribution in [0.25, 0.3) is 0 Å². The molecule has 1 aromatic carbocycles. The second-order valence-corrected chi connectivity index (χ2v) is 8.99. The van der Waals surface area contributed by atoms with Gasteiger partial charge >= 0.3 is 0 Å². The third-order valence-electron chi connectivity index (χ3n) is 6.29. The van der Waals surface area contributed by atoms with Crippen LogP contribution in [0.15, 0.2) is 41.1 Å². The first-order valence-corrected chi connectivity index (χ1v) is 11.1. The van der Waals surface area contributed by atoms with E-state index in [1.165, 1.54) is 5.56 Å². The lowest BCUT2D eigenvalue weighted by Crippen LogP contribution is -2.62. The number of hydrogen-bond donors (Lipinski definition) is 1. The van der Waals surface area contributed by atoms with Crippen LogP contribution in [-0.4, -0.2) is 34.8 Å². The quantitative estimate of drug-likeness (QED) is 0.832. The van der Waals surface area contributed by atoms with Crippen molar-refractivity contribution in [2.45, 2.75) is 56.7 Å². The Labute approximate surface area is 169 Å². The standard InChI is InChI=1S/C22H25N3O2S/c26-20(14-24(17-7-8-17)13-16-9-12-28-15-16)25-19-6-2-1-5-18(19)23-21(27)22(25)10-3-4-11-22/h1-2,5-6,9,12,15,17H,3-4,7-8,10-11,13-14H2,(H,23,27). The number of carbonyl (C=O) groups excluding carboxylic acids is 2.